The average molecular weight is 250 g/mol. The molecule has 1 heterocycles. The quantitative estimate of drug-likeness (QED) is 0.894. The first-order chi connectivity index (χ1) is 8.69. The molecule has 2 rings (SSSR count). The number of piperidine rings is 1. The van der Waals surface area contributed by atoms with E-state index in [0.29, 0.717) is 5.69 Å². The summed E-state index contributed by atoms with van der Waals surface area (Å²) in [6, 6.07) is 6.03. The molecule has 1 saturated heterocycles. The highest BCUT2D eigenvalue weighted by molar-refractivity contribution is 5.92. The first kappa shape index (κ1) is 13.0. The van der Waals surface area contributed by atoms with Gasteiger partial charge in [0.25, 0.3) is 0 Å². The number of carbonyl (C=O) groups is 1. The number of benzene rings is 1. The average Bonchev–Trinajstić information content (AvgIpc) is 2.39. The van der Waals surface area contributed by atoms with E-state index in [1.807, 2.05) is 0 Å². The first-order valence-corrected chi connectivity index (χ1v) is 6.48. The molecule has 4 heteroatoms. The lowest BCUT2D eigenvalue weighted by Crippen LogP contribution is -2.37. The summed E-state index contributed by atoms with van der Waals surface area (Å²) in [4.78, 5) is 14.4. The van der Waals surface area contributed by atoms with Gasteiger partial charge in [-0.05, 0) is 50.7 Å². The molecule has 3 nitrogen and oxygen atoms in total. The lowest BCUT2D eigenvalue weighted by Gasteiger charge is -2.30. The molecular formula is C14H19FN2O. The number of halogens is 1. The minimum absolute atomic E-state index is 0.0105. The molecule has 1 N–H and O–H groups in total. The Morgan fingerprint density at radius 2 is 2.17 bits per heavy atom. The van der Waals surface area contributed by atoms with Crippen LogP contribution in [0.3, 0.4) is 0 Å². The molecule has 0 atom stereocenters. The van der Waals surface area contributed by atoms with Gasteiger partial charge in [0, 0.05) is 11.6 Å². The number of nitrogens with one attached hydrogen (secondary N) is 1. The zero-order valence-corrected chi connectivity index (χ0v) is 10.7. The SMILES string of the molecule is CCN1CCC(C(=O)Nc2cccc(F)c2)CC1. The van der Waals surface area contributed by atoms with Gasteiger partial charge in [-0.2, -0.15) is 0 Å². The summed E-state index contributed by atoms with van der Waals surface area (Å²) < 4.78 is 13.0. The van der Waals surface area contributed by atoms with Gasteiger partial charge in [0.05, 0.1) is 0 Å². The van der Waals surface area contributed by atoms with E-state index in [9.17, 15) is 9.18 Å². The van der Waals surface area contributed by atoms with Crippen molar-refractivity contribution in [1.82, 2.24) is 4.90 Å². The molecule has 1 fully saturated rings. The topological polar surface area (TPSA) is 32.3 Å². The van der Waals surface area contributed by atoms with Crippen LogP contribution in [0.5, 0.6) is 0 Å². The van der Waals surface area contributed by atoms with E-state index in [-0.39, 0.29) is 17.6 Å². The normalized spacial score (nSPS) is 17.7. The van der Waals surface area contributed by atoms with E-state index >= 15 is 0 Å². The van der Waals surface area contributed by atoms with Gasteiger partial charge >= 0.3 is 0 Å². The maximum absolute atomic E-state index is 13.0. The summed E-state index contributed by atoms with van der Waals surface area (Å²) in [5, 5.41) is 2.79. The molecule has 0 aromatic heterocycles. The zero-order chi connectivity index (χ0) is 13.0. The Kier molecular flexibility index (Phi) is 4.31. The lowest BCUT2D eigenvalue weighted by atomic mass is 9.96. The Morgan fingerprint density at radius 3 is 2.78 bits per heavy atom. The maximum Gasteiger partial charge on any atom is 0.227 e. The summed E-state index contributed by atoms with van der Waals surface area (Å²) >= 11 is 0. The van der Waals surface area contributed by atoms with E-state index in [1.54, 1.807) is 12.1 Å². The van der Waals surface area contributed by atoms with Crippen LogP contribution in [-0.2, 0) is 4.79 Å². The summed E-state index contributed by atoms with van der Waals surface area (Å²) in [6.07, 6.45) is 1.77. The molecule has 0 saturated carbocycles. The summed E-state index contributed by atoms with van der Waals surface area (Å²) in [6.45, 7) is 5.11. The monoisotopic (exact) mass is 250 g/mol. The van der Waals surface area contributed by atoms with Crippen molar-refractivity contribution in [3.05, 3.63) is 30.1 Å². The standard InChI is InChI=1S/C14H19FN2O/c1-2-17-8-6-11(7-9-17)14(18)16-13-5-3-4-12(15)10-13/h3-5,10-11H,2,6-9H2,1H3,(H,16,18). The number of anilines is 1. The second kappa shape index (κ2) is 5.96. The molecule has 0 radical (unpaired) electrons. The molecule has 1 aliphatic rings. The van der Waals surface area contributed by atoms with Crippen LogP contribution in [0.1, 0.15) is 19.8 Å². The zero-order valence-electron chi connectivity index (χ0n) is 10.7. The van der Waals surface area contributed by atoms with Gasteiger partial charge in [0.1, 0.15) is 5.82 Å². The predicted molar refractivity (Wildman–Crippen MR) is 69.9 cm³/mol. The molecule has 18 heavy (non-hydrogen) atoms. The molecule has 0 bridgehead atoms. The van der Waals surface area contributed by atoms with Gasteiger partial charge < -0.3 is 10.2 Å². The largest absolute Gasteiger partial charge is 0.326 e. The highest BCUT2D eigenvalue weighted by Crippen LogP contribution is 2.19. The highest BCUT2D eigenvalue weighted by Gasteiger charge is 2.24. The molecule has 98 valence electrons. The fourth-order valence-corrected chi connectivity index (χ4v) is 2.32. The van der Waals surface area contributed by atoms with E-state index in [4.69, 9.17) is 0 Å². The summed E-state index contributed by atoms with van der Waals surface area (Å²) in [5.74, 6) is -0.263. The van der Waals surface area contributed by atoms with Crippen molar-refractivity contribution in [3.63, 3.8) is 0 Å². The third-order valence-electron chi connectivity index (χ3n) is 3.50. The summed E-state index contributed by atoms with van der Waals surface area (Å²) in [7, 11) is 0. The summed E-state index contributed by atoms with van der Waals surface area (Å²) in [5.41, 5.74) is 0.540. The Balaban J connectivity index is 1.89. The van der Waals surface area contributed by atoms with Crippen molar-refractivity contribution in [2.24, 2.45) is 5.92 Å². The second-order valence-corrected chi connectivity index (χ2v) is 4.71. The van der Waals surface area contributed by atoms with Crippen molar-refractivity contribution in [2.75, 3.05) is 25.0 Å². The van der Waals surface area contributed by atoms with E-state index < -0.39 is 0 Å². The van der Waals surface area contributed by atoms with Crippen molar-refractivity contribution in [1.29, 1.82) is 0 Å². The van der Waals surface area contributed by atoms with Crippen LogP contribution in [0.15, 0.2) is 24.3 Å². The Morgan fingerprint density at radius 1 is 1.44 bits per heavy atom. The number of hydrogen-bond acceptors (Lipinski definition) is 2. The molecular weight excluding hydrogens is 231 g/mol. The smallest absolute Gasteiger partial charge is 0.227 e. The number of rotatable bonds is 3. The van der Waals surface area contributed by atoms with Crippen molar-refractivity contribution in [2.45, 2.75) is 19.8 Å². The maximum atomic E-state index is 13.0. The molecule has 1 aromatic rings. The Hall–Kier alpha value is -1.42. The number of hydrogen-bond donors (Lipinski definition) is 1. The van der Waals surface area contributed by atoms with Gasteiger partial charge in [-0.3, -0.25) is 4.79 Å². The van der Waals surface area contributed by atoms with E-state index in [0.717, 1.165) is 32.5 Å². The highest BCUT2D eigenvalue weighted by atomic mass is 19.1. The van der Waals surface area contributed by atoms with Crippen LogP contribution in [0.2, 0.25) is 0 Å². The molecule has 0 aliphatic carbocycles. The Labute approximate surface area is 107 Å². The Bertz CT molecular complexity index is 414. The second-order valence-electron chi connectivity index (χ2n) is 4.71. The van der Waals surface area contributed by atoms with Gasteiger partial charge in [-0.25, -0.2) is 4.39 Å². The van der Waals surface area contributed by atoms with Crippen LogP contribution < -0.4 is 5.32 Å². The number of nitrogens with zero attached hydrogens (tertiary/aromatic N) is 1. The van der Waals surface area contributed by atoms with Gasteiger partial charge in [0.15, 0.2) is 0 Å². The van der Waals surface area contributed by atoms with Crippen LogP contribution in [0.4, 0.5) is 10.1 Å². The fraction of sp³-hybridized carbons (Fsp3) is 0.500. The minimum atomic E-state index is -0.325. The van der Waals surface area contributed by atoms with Crippen LogP contribution >= 0.6 is 0 Å². The van der Waals surface area contributed by atoms with E-state index in [1.165, 1.54) is 12.1 Å². The van der Waals surface area contributed by atoms with Gasteiger partial charge in [-0.15, -0.1) is 0 Å². The van der Waals surface area contributed by atoms with Gasteiger partial charge in [0.2, 0.25) is 5.91 Å². The van der Waals surface area contributed by atoms with Crippen LogP contribution in [0.25, 0.3) is 0 Å². The number of likely N-dealkylation sites (tertiary alicyclic amines) is 1. The first-order valence-electron chi connectivity index (χ1n) is 6.48. The van der Waals surface area contributed by atoms with Crippen LogP contribution in [-0.4, -0.2) is 30.4 Å². The lowest BCUT2D eigenvalue weighted by molar-refractivity contribution is -0.121. The van der Waals surface area contributed by atoms with Gasteiger partial charge in [-0.1, -0.05) is 13.0 Å². The van der Waals surface area contributed by atoms with Crippen molar-refractivity contribution >= 4 is 11.6 Å². The molecule has 1 aromatic carbocycles. The molecule has 0 spiro atoms. The third kappa shape index (κ3) is 3.29. The third-order valence-corrected chi connectivity index (χ3v) is 3.50. The fourth-order valence-electron chi connectivity index (χ4n) is 2.32. The minimum Gasteiger partial charge on any atom is -0.326 e. The predicted octanol–water partition coefficient (Wildman–Crippen LogP) is 2.50. The molecule has 0 unspecified atom stereocenters. The van der Waals surface area contributed by atoms with Crippen molar-refractivity contribution in [3.8, 4) is 0 Å². The van der Waals surface area contributed by atoms with E-state index in [2.05, 4.69) is 17.1 Å². The number of carbonyl (C=O) groups excluding carboxylic acids is 1. The molecule has 1 amide bonds. The van der Waals surface area contributed by atoms with Crippen molar-refractivity contribution < 1.29 is 9.18 Å². The molecule has 1 aliphatic heterocycles. The van der Waals surface area contributed by atoms with Crippen LogP contribution in [0, 0.1) is 11.7 Å². The number of amides is 1.